The quantitative estimate of drug-likeness (QED) is 0.198. The number of halogens is 1. The Kier molecular flexibility index (Phi) is 7.41. The molecule has 0 aliphatic rings. The Morgan fingerprint density at radius 3 is 1.37 bits per heavy atom. The number of rotatable bonds is 5. The van der Waals surface area contributed by atoms with Gasteiger partial charge in [-0.15, -0.1) is 0 Å². The van der Waals surface area contributed by atoms with Gasteiger partial charge in [0.15, 0.2) is 5.75 Å². The molecule has 41 heavy (non-hydrogen) atoms. The number of nitrogens with zero attached hydrogens (tertiary/aromatic N) is 1. The van der Waals surface area contributed by atoms with Crippen molar-refractivity contribution in [3.63, 3.8) is 0 Å². The summed E-state index contributed by atoms with van der Waals surface area (Å²) in [5.74, 6) is 0.494. The van der Waals surface area contributed by atoms with Crippen molar-refractivity contribution >= 4 is 32.8 Å². The third-order valence-corrected chi connectivity index (χ3v) is 7.81. The SMILES string of the molecule is CN(C)C(=O)Oc1c(Br)ccc2c(-c3ccccc3)c(-c3ccccc3)c(-c3ccccc3)c(-c3ccccc3)c12. The van der Waals surface area contributed by atoms with Crippen LogP contribution < -0.4 is 4.74 Å². The Labute approximate surface area is 248 Å². The van der Waals surface area contributed by atoms with Crippen molar-refractivity contribution in [2.45, 2.75) is 0 Å². The van der Waals surface area contributed by atoms with Crippen LogP contribution in [0, 0.1) is 0 Å². The fourth-order valence-corrected chi connectivity index (χ4v) is 5.80. The molecule has 3 nitrogen and oxygen atoms in total. The second-order valence-corrected chi connectivity index (χ2v) is 10.9. The molecule has 0 bridgehead atoms. The van der Waals surface area contributed by atoms with Crippen LogP contribution in [0.4, 0.5) is 4.79 Å². The van der Waals surface area contributed by atoms with Gasteiger partial charge in [0, 0.05) is 25.0 Å². The Bertz CT molecular complexity index is 1840. The van der Waals surface area contributed by atoms with Crippen LogP contribution >= 0.6 is 15.9 Å². The maximum absolute atomic E-state index is 13.0. The molecule has 0 saturated heterocycles. The first-order chi connectivity index (χ1) is 20.0. The van der Waals surface area contributed by atoms with E-state index in [9.17, 15) is 4.79 Å². The van der Waals surface area contributed by atoms with Crippen molar-refractivity contribution in [3.05, 3.63) is 138 Å². The number of ether oxygens (including phenoxy) is 1. The zero-order chi connectivity index (χ0) is 28.3. The van der Waals surface area contributed by atoms with E-state index in [1.54, 1.807) is 14.1 Å². The summed E-state index contributed by atoms with van der Waals surface area (Å²) in [5, 5.41) is 1.87. The summed E-state index contributed by atoms with van der Waals surface area (Å²) < 4.78 is 6.86. The summed E-state index contributed by atoms with van der Waals surface area (Å²) >= 11 is 3.73. The van der Waals surface area contributed by atoms with E-state index in [2.05, 4.69) is 107 Å². The largest absolute Gasteiger partial charge is 0.414 e. The maximum atomic E-state index is 13.0. The highest BCUT2D eigenvalue weighted by Crippen LogP contribution is 2.54. The Hall–Kier alpha value is -4.67. The minimum Gasteiger partial charge on any atom is -0.408 e. The van der Waals surface area contributed by atoms with E-state index in [1.807, 2.05) is 42.5 Å². The minimum atomic E-state index is -0.438. The lowest BCUT2D eigenvalue weighted by molar-refractivity contribution is 0.172. The second kappa shape index (κ2) is 11.4. The molecule has 0 aromatic heterocycles. The first-order valence-corrected chi connectivity index (χ1v) is 14.3. The van der Waals surface area contributed by atoms with Gasteiger partial charge in [0.05, 0.1) is 4.47 Å². The number of benzene rings is 6. The molecule has 0 N–H and O–H groups in total. The standard InChI is InChI=1S/C37H28BrNO2/c1-39(2)37(40)41-36-30(38)24-23-29-31(25-15-7-3-8-16-25)32(26-17-9-4-10-18-26)33(27-19-11-5-12-20-27)34(35(29)36)28-21-13-6-14-22-28/h3-24H,1-2H3. The predicted octanol–water partition coefficient (Wildman–Crippen LogP) is 10.3. The van der Waals surface area contributed by atoms with E-state index >= 15 is 0 Å². The topological polar surface area (TPSA) is 29.5 Å². The van der Waals surface area contributed by atoms with Gasteiger partial charge < -0.3 is 9.64 Å². The lowest BCUT2D eigenvalue weighted by Gasteiger charge is -2.26. The van der Waals surface area contributed by atoms with Gasteiger partial charge in [-0.3, -0.25) is 0 Å². The lowest BCUT2D eigenvalue weighted by atomic mass is 9.78. The zero-order valence-corrected chi connectivity index (χ0v) is 24.4. The molecule has 0 aliphatic carbocycles. The molecule has 0 aliphatic heterocycles. The molecule has 0 unspecified atom stereocenters. The van der Waals surface area contributed by atoms with Crippen LogP contribution in [-0.4, -0.2) is 25.1 Å². The summed E-state index contributed by atoms with van der Waals surface area (Å²) in [4.78, 5) is 14.5. The van der Waals surface area contributed by atoms with Crippen molar-refractivity contribution in [1.82, 2.24) is 4.90 Å². The number of fused-ring (bicyclic) bond motifs is 1. The zero-order valence-electron chi connectivity index (χ0n) is 22.8. The molecule has 0 saturated carbocycles. The third-order valence-electron chi connectivity index (χ3n) is 7.18. The van der Waals surface area contributed by atoms with E-state index in [0.717, 1.165) is 55.3 Å². The third kappa shape index (κ3) is 5.03. The van der Waals surface area contributed by atoms with Gasteiger partial charge in [-0.25, -0.2) is 4.79 Å². The van der Waals surface area contributed by atoms with Crippen LogP contribution in [0.2, 0.25) is 0 Å². The second-order valence-electron chi connectivity index (χ2n) is 10.0. The fraction of sp³-hybridized carbons (Fsp3) is 0.0541. The molecule has 0 radical (unpaired) electrons. The molecule has 0 fully saturated rings. The molecule has 6 aromatic rings. The van der Waals surface area contributed by atoms with Crippen LogP contribution in [0.3, 0.4) is 0 Å². The van der Waals surface area contributed by atoms with Gasteiger partial charge >= 0.3 is 6.09 Å². The molecule has 0 heterocycles. The maximum Gasteiger partial charge on any atom is 0.414 e. The number of amides is 1. The minimum absolute atomic E-state index is 0.438. The van der Waals surface area contributed by atoms with Crippen molar-refractivity contribution in [2.24, 2.45) is 0 Å². The van der Waals surface area contributed by atoms with E-state index in [0.29, 0.717) is 10.2 Å². The number of carbonyl (C=O) groups is 1. The first kappa shape index (κ1) is 26.5. The Morgan fingerprint density at radius 1 is 0.537 bits per heavy atom. The predicted molar refractivity (Wildman–Crippen MR) is 173 cm³/mol. The van der Waals surface area contributed by atoms with Crippen molar-refractivity contribution in [1.29, 1.82) is 0 Å². The number of carbonyl (C=O) groups excluding carboxylic acids is 1. The van der Waals surface area contributed by atoms with Gasteiger partial charge in [0.2, 0.25) is 0 Å². The van der Waals surface area contributed by atoms with Crippen LogP contribution in [0.15, 0.2) is 138 Å². The van der Waals surface area contributed by atoms with Gasteiger partial charge in [-0.2, -0.15) is 0 Å². The van der Waals surface area contributed by atoms with Gasteiger partial charge in [0.25, 0.3) is 0 Å². The molecular formula is C37H28BrNO2. The normalized spacial score (nSPS) is 10.9. The molecule has 0 atom stereocenters. The molecule has 200 valence electrons. The summed E-state index contributed by atoms with van der Waals surface area (Å²) in [5.41, 5.74) is 8.60. The van der Waals surface area contributed by atoms with Crippen molar-refractivity contribution in [2.75, 3.05) is 14.1 Å². The van der Waals surface area contributed by atoms with Gasteiger partial charge in [-0.05, 0) is 66.3 Å². The van der Waals surface area contributed by atoms with E-state index in [1.165, 1.54) is 4.90 Å². The average Bonchev–Trinajstić information content (AvgIpc) is 3.02. The van der Waals surface area contributed by atoms with Gasteiger partial charge in [-0.1, -0.05) is 127 Å². The van der Waals surface area contributed by atoms with Crippen molar-refractivity contribution < 1.29 is 9.53 Å². The molecular weight excluding hydrogens is 570 g/mol. The molecule has 0 spiro atoms. The number of hydrogen-bond donors (Lipinski definition) is 0. The summed E-state index contributed by atoms with van der Waals surface area (Å²) in [6.07, 6.45) is -0.438. The Morgan fingerprint density at radius 2 is 0.927 bits per heavy atom. The van der Waals surface area contributed by atoms with Crippen molar-refractivity contribution in [3.8, 4) is 50.3 Å². The molecule has 6 rings (SSSR count). The van der Waals surface area contributed by atoms with Crippen LogP contribution in [0.25, 0.3) is 55.3 Å². The molecule has 6 aromatic carbocycles. The summed E-state index contributed by atoms with van der Waals surface area (Å²) in [6.45, 7) is 0. The Balaban J connectivity index is 1.92. The summed E-state index contributed by atoms with van der Waals surface area (Å²) in [7, 11) is 3.38. The van der Waals surface area contributed by atoms with Crippen LogP contribution in [-0.2, 0) is 0 Å². The molecule has 1 amide bonds. The van der Waals surface area contributed by atoms with Crippen LogP contribution in [0.5, 0.6) is 5.75 Å². The van der Waals surface area contributed by atoms with Gasteiger partial charge in [0.1, 0.15) is 0 Å². The first-order valence-electron chi connectivity index (χ1n) is 13.5. The lowest BCUT2D eigenvalue weighted by Crippen LogP contribution is -2.25. The van der Waals surface area contributed by atoms with Crippen LogP contribution in [0.1, 0.15) is 0 Å². The fourth-order valence-electron chi connectivity index (χ4n) is 5.39. The van der Waals surface area contributed by atoms with E-state index in [-0.39, 0.29) is 0 Å². The average molecular weight is 599 g/mol. The summed E-state index contributed by atoms with van der Waals surface area (Å²) in [6, 6.07) is 45.9. The highest BCUT2D eigenvalue weighted by Gasteiger charge is 2.27. The number of hydrogen-bond acceptors (Lipinski definition) is 2. The van der Waals surface area contributed by atoms with E-state index in [4.69, 9.17) is 4.74 Å². The van der Waals surface area contributed by atoms with E-state index < -0.39 is 6.09 Å². The smallest absolute Gasteiger partial charge is 0.408 e. The molecule has 4 heteroatoms. The highest BCUT2D eigenvalue weighted by atomic mass is 79.9. The monoisotopic (exact) mass is 597 g/mol. The highest BCUT2D eigenvalue weighted by molar-refractivity contribution is 9.10.